The van der Waals surface area contributed by atoms with Crippen LogP contribution >= 0.6 is 0 Å². The Bertz CT molecular complexity index is 870. The number of carbonyl (C=O) groups excluding carboxylic acids is 1. The first kappa shape index (κ1) is 24.0. The molecule has 4 aliphatic carbocycles. The SMILES string of the molecule is C[C@@H](C[C@H](O)[C@@H]1OC1(C)C)[C@@H]1CC[C@]2(C)C3=CC[C@H]4C(C)(C)C(=O)CC[C@]4(C)[C@H]3CC[C@@]12C. The molecule has 0 unspecified atom stereocenters. The summed E-state index contributed by atoms with van der Waals surface area (Å²) in [5, 5.41) is 10.9. The number of aliphatic hydroxyl groups is 1. The highest BCUT2D eigenvalue weighted by Gasteiger charge is 2.65. The first-order valence-electron chi connectivity index (χ1n) is 13.8. The van der Waals surface area contributed by atoms with Crippen LogP contribution in [0.2, 0.25) is 0 Å². The number of allylic oxidation sites excluding steroid dienone is 2. The third-order valence-corrected chi connectivity index (χ3v) is 12.4. The van der Waals surface area contributed by atoms with Gasteiger partial charge in [0.1, 0.15) is 11.9 Å². The van der Waals surface area contributed by atoms with E-state index in [2.05, 4.69) is 61.5 Å². The van der Waals surface area contributed by atoms with Crippen LogP contribution in [0.25, 0.3) is 0 Å². The molecule has 5 rings (SSSR count). The fourth-order valence-corrected chi connectivity index (χ4v) is 9.97. The van der Waals surface area contributed by atoms with Gasteiger partial charge in [0.2, 0.25) is 0 Å². The average molecular weight is 457 g/mol. The van der Waals surface area contributed by atoms with Crippen molar-refractivity contribution in [3.05, 3.63) is 11.6 Å². The fourth-order valence-electron chi connectivity index (χ4n) is 9.97. The molecule has 0 aromatic rings. The van der Waals surface area contributed by atoms with Crippen LogP contribution < -0.4 is 0 Å². The zero-order valence-electron chi connectivity index (χ0n) is 22.5. The van der Waals surface area contributed by atoms with Crippen molar-refractivity contribution in [3.8, 4) is 0 Å². The van der Waals surface area contributed by atoms with Crippen LogP contribution in [0, 0.1) is 45.3 Å². The van der Waals surface area contributed by atoms with E-state index in [9.17, 15) is 9.90 Å². The number of rotatable bonds is 4. The molecule has 4 fully saturated rings. The molecule has 1 aliphatic heterocycles. The smallest absolute Gasteiger partial charge is 0.138 e. The third-order valence-electron chi connectivity index (χ3n) is 12.4. The molecule has 0 bridgehead atoms. The fraction of sp³-hybridized carbons (Fsp3) is 0.900. The van der Waals surface area contributed by atoms with Gasteiger partial charge >= 0.3 is 0 Å². The number of aliphatic hydroxyl groups excluding tert-OH is 1. The quantitative estimate of drug-likeness (QED) is 0.377. The van der Waals surface area contributed by atoms with Crippen molar-refractivity contribution in [2.24, 2.45) is 45.3 Å². The lowest BCUT2D eigenvalue weighted by Gasteiger charge is -2.63. The molecule has 1 N–H and O–H groups in total. The Hall–Kier alpha value is -0.670. The number of Topliss-reactive ketones (excluding diaryl/α,β-unsaturated/α-hetero) is 1. The van der Waals surface area contributed by atoms with Gasteiger partial charge in [-0.25, -0.2) is 0 Å². The first-order valence-corrected chi connectivity index (χ1v) is 13.8. The summed E-state index contributed by atoms with van der Waals surface area (Å²) < 4.78 is 5.75. The number of carbonyl (C=O) groups is 1. The summed E-state index contributed by atoms with van der Waals surface area (Å²) in [5.41, 5.74) is 2.17. The minimum absolute atomic E-state index is 0.00609. The van der Waals surface area contributed by atoms with Crippen LogP contribution in [0.4, 0.5) is 0 Å². The van der Waals surface area contributed by atoms with Crippen LogP contribution in [0.5, 0.6) is 0 Å². The van der Waals surface area contributed by atoms with Crippen molar-refractivity contribution in [3.63, 3.8) is 0 Å². The van der Waals surface area contributed by atoms with Crippen molar-refractivity contribution >= 4 is 5.78 Å². The third kappa shape index (κ3) is 3.16. The molecule has 1 saturated heterocycles. The molecule has 3 saturated carbocycles. The van der Waals surface area contributed by atoms with E-state index in [0.29, 0.717) is 29.5 Å². The highest BCUT2D eigenvalue weighted by Crippen LogP contribution is 2.73. The number of ether oxygens (including phenoxy) is 1. The molecular formula is C30H48O3. The van der Waals surface area contributed by atoms with Crippen LogP contribution in [0.15, 0.2) is 11.6 Å². The van der Waals surface area contributed by atoms with Gasteiger partial charge in [0.15, 0.2) is 0 Å². The van der Waals surface area contributed by atoms with Crippen LogP contribution in [0.3, 0.4) is 0 Å². The molecule has 0 spiro atoms. The molecule has 3 heteroatoms. The summed E-state index contributed by atoms with van der Waals surface area (Å²) in [4.78, 5) is 12.8. The summed E-state index contributed by atoms with van der Waals surface area (Å²) in [6, 6.07) is 0. The Morgan fingerprint density at radius 1 is 1.06 bits per heavy atom. The summed E-state index contributed by atoms with van der Waals surface area (Å²) in [6.45, 7) is 18.7. The Balaban J connectivity index is 1.41. The van der Waals surface area contributed by atoms with Gasteiger partial charge in [-0.15, -0.1) is 0 Å². The number of fused-ring (bicyclic) bond motifs is 5. The Labute approximate surface area is 202 Å². The average Bonchev–Trinajstić information content (AvgIpc) is 3.26. The number of epoxide rings is 1. The number of hydrogen-bond acceptors (Lipinski definition) is 3. The Morgan fingerprint density at radius 2 is 1.73 bits per heavy atom. The molecule has 0 radical (unpaired) electrons. The predicted molar refractivity (Wildman–Crippen MR) is 133 cm³/mol. The van der Waals surface area contributed by atoms with E-state index >= 15 is 0 Å². The monoisotopic (exact) mass is 456 g/mol. The molecular weight excluding hydrogens is 408 g/mol. The molecule has 9 atom stereocenters. The van der Waals surface area contributed by atoms with E-state index in [4.69, 9.17) is 4.74 Å². The van der Waals surface area contributed by atoms with E-state index in [1.165, 1.54) is 25.7 Å². The highest BCUT2D eigenvalue weighted by molar-refractivity contribution is 5.85. The zero-order chi connectivity index (χ0) is 24.2. The molecule has 0 amide bonds. The van der Waals surface area contributed by atoms with Gasteiger partial charge < -0.3 is 9.84 Å². The largest absolute Gasteiger partial charge is 0.390 e. The van der Waals surface area contributed by atoms with E-state index < -0.39 is 0 Å². The van der Waals surface area contributed by atoms with Gasteiger partial charge in [0.05, 0.1) is 11.7 Å². The lowest BCUT2D eigenvalue weighted by atomic mass is 9.41. The van der Waals surface area contributed by atoms with E-state index in [1.807, 2.05) is 0 Å². The lowest BCUT2D eigenvalue weighted by Crippen LogP contribution is -2.57. The lowest BCUT2D eigenvalue weighted by molar-refractivity contribution is -0.146. The van der Waals surface area contributed by atoms with Gasteiger partial charge in [0, 0.05) is 11.8 Å². The summed E-state index contributed by atoms with van der Waals surface area (Å²) in [5.74, 6) is 2.73. The van der Waals surface area contributed by atoms with Crippen molar-refractivity contribution in [1.82, 2.24) is 0 Å². The maximum Gasteiger partial charge on any atom is 0.138 e. The first-order chi connectivity index (χ1) is 15.2. The summed E-state index contributed by atoms with van der Waals surface area (Å²) in [7, 11) is 0. The van der Waals surface area contributed by atoms with E-state index in [0.717, 1.165) is 25.7 Å². The van der Waals surface area contributed by atoms with E-state index in [-0.39, 0.29) is 39.5 Å². The topological polar surface area (TPSA) is 49.8 Å². The maximum atomic E-state index is 12.8. The zero-order valence-corrected chi connectivity index (χ0v) is 22.5. The second kappa shape index (κ2) is 7.19. The van der Waals surface area contributed by atoms with Crippen LogP contribution in [-0.2, 0) is 9.53 Å². The number of ketones is 1. The normalized spacial score (nSPS) is 49.4. The molecule has 0 aromatic carbocycles. The minimum Gasteiger partial charge on any atom is -0.390 e. The Morgan fingerprint density at radius 3 is 2.36 bits per heavy atom. The molecule has 3 nitrogen and oxygen atoms in total. The van der Waals surface area contributed by atoms with Crippen LogP contribution in [0.1, 0.15) is 107 Å². The molecule has 5 aliphatic rings. The maximum absolute atomic E-state index is 12.8. The van der Waals surface area contributed by atoms with Gasteiger partial charge in [-0.2, -0.15) is 0 Å². The second-order valence-electron chi connectivity index (χ2n) is 14.5. The molecule has 0 aromatic heterocycles. The predicted octanol–water partition coefficient (Wildman–Crippen LogP) is 6.73. The standard InChI is InChI=1S/C30H48O3/c1-18(17-22(31)25-27(4,5)33-25)19-11-15-30(8)21-9-10-23-26(2,3)24(32)13-14-28(23,6)20(21)12-16-29(19,30)7/h9,18-20,22-23,25,31H,10-17H2,1-8H3/t18-,19-,20-,22-,23-,25-,28+,29-,30+/m0/s1. The minimum atomic E-state index is -0.350. The molecule has 33 heavy (non-hydrogen) atoms. The summed E-state index contributed by atoms with van der Waals surface area (Å²) >= 11 is 0. The van der Waals surface area contributed by atoms with E-state index in [1.54, 1.807) is 5.57 Å². The summed E-state index contributed by atoms with van der Waals surface area (Å²) in [6.07, 6.45) is 11.1. The van der Waals surface area contributed by atoms with Gasteiger partial charge in [-0.05, 0) is 98.7 Å². The molecule has 1 heterocycles. The van der Waals surface area contributed by atoms with Gasteiger partial charge in [-0.3, -0.25) is 4.79 Å². The highest BCUT2D eigenvalue weighted by atomic mass is 16.6. The van der Waals surface area contributed by atoms with Crippen molar-refractivity contribution in [2.45, 2.75) is 125 Å². The molecule has 186 valence electrons. The number of hydrogen-bond donors (Lipinski definition) is 1. The van der Waals surface area contributed by atoms with Crippen molar-refractivity contribution in [1.29, 1.82) is 0 Å². The van der Waals surface area contributed by atoms with Gasteiger partial charge in [0.25, 0.3) is 0 Å². The second-order valence-corrected chi connectivity index (χ2v) is 14.5. The van der Waals surface area contributed by atoms with Crippen molar-refractivity contribution < 1.29 is 14.6 Å². The Kier molecular flexibility index (Phi) is 5.24. The van der Waals surface area contributed by atoms with Crippen LogP contribution in [-0.4, -0.2) is 28.7 Å². The van der Waals surface area contributed by atoms with Gasteiger partial charge in [-0.1, -0.05) is 53.2 Å². The van der Waals surface area contributed by atoms with Crippen molar-refractivity contribution in [2.75, 3.05) is 0 Å².